The molecule has 212 valence electrons. The van der Waals surface area contributed by atoms with Crippen LogP contribution >= 0.6 is 22.6 Å². The molecule has 0 spiro atoms. The highest BCUT2D eigenvalue weighted by atomic mass is 127. The summed E-state index contributed by atoms with van der Waals surface area (Å²) in [5.74, 6) is -0.631. The van der Waals surface area contributed by atoms with E-state index in [9.17, 15) is 18.0 Å². The van der Waals surface area contributed by atoms with Crippen molar-refractivity contribution in [2.45, 2.75) is 69.5 Å². The number of hydrogen-bond acceptors (Lipinski definition) is 4. The van der Waals surface area contributed by atoms with Gasteiger partial charge in [0.1, 0.15) is 12.6 Å². The predicted octanol–water partition coefficient (Wildman–Crippen LogP) is 5.66. The molecule has 0 radical (unpaired) electrons. The maximum absolute atomic E-state index is 14.1. The SMILES string of the molecule is CCC(C(=O)NC1CCCC1)N(Cc1ccc(C)cc1)C(=O)CN(c1ccc(I)cc1)S(=O)(=O)c1ccccc1. The lowest BCUT2D eigenvalue weighted by Gasteiger charge is -2.33. The molecular formula is C31H36IN3O4S. The molecule has 0 heterocycles. The second-order valence-electron chi connectivity index (χ2n) is 10.2. The summed E-state index contributed by atoms with van der Waals surface area (Å²) >= 11 is 2.16. The molecule has 9 heteroatoms. The molecule has 2 amide bonds. The van der Waals surface area contributed by atoms with Gasteiger partial charge < -0.3 is 10.2 Å². The van der Waals surface area contributed by atoms with Gasteiger partial charge >= 0.3 is 0 Å². The maximum Gasteiger partial charge on any atom is 0.264 e. The number of aryl methyl sites for hydroxylation is 1. The molecule has 1 saturated carbocycles. The number of nitrogens with zero attached hydrogens (tertiary/aromatic N) is 2. The fourth-order valence-corrected chi connectivity index (χ4v) is 6.83. The highest BCUT2D eigenvalue weighted by Crippen LogP contribution is 2.26. The van der Waals surface area contributed by atoms with Crippen molar-refractivity contribution in [2.24, 2.45) is 0 Å². The summed E-state index contributed by atoms with van der Waals surface area (Å²) in [6.45, 7) is 3.63. The summed E-state index contributed by atoms with van der Waals surface area (Å²) < 4.78 is 29.8. The number of halogens is 1. The molecule has 1 unspecified atom stereocenters. The van der Waals surface area contributed by atoms with E-state index in [0.717, 1.165) is 44.7 Å². The average Bonchev–Trinajstić information content (AvgIpc) is 3.46. The van der Waals surface area contributed by atoms with Crippen LogP contribution in [-0.2, 0) is 26.2 Å². The zero-order valence-corrected chi connectivity index (χ0v) is 25.9. The molecule has 3 aromatic carbocycles. The normalized spacial score (nSPS) is 14.5. The number of benzene rings is 3. The first-order chi connectivity index (χ1) is 19.2. The molecule has 1 N–H and O–H groups in total. The lowest BCUT2D eigenvalue weighted by atomic mass is 10.1. The van der Waals surface area contributed by atoms with Gasteiger partial charge in [0.15, 0.2) is 0 Å². The van der Waals surface area contributed by atoms with Crippen LogP contribution in [-0.4, -0.2) is 43.8 Å². The van der Waals surface area contributed by atoms with E-state index in [0.29, 0.717) is 12.1 Å². The Bertz CT molecular complexity index is 1390. The highest BCUT2D eigenvalue weighted by Gasteiger charge is 2.34. The van der Waals surface area contributed by atoms with Crippen molar-refractivity contribution in [3.8, 4) is 0 Å². The van der Waals surface area contributed by atoms with Crippen LogP contribution in [0.2, 0.25) is 0 Å². The number of carbonyl (C=O) groups excluding carboxylic acids is 2. The first kappa shape index (κ1) is 30.0. The molecule has 0 bridgehead atoms. The van der Waals surface area contributed by atoms with E-state index in [1.165, 1.54) is 17.0 Å². The Kier molecular flexibility index (Phi) is 10.2. The highest BCUT2D eigenvalue weighted by molar-refractivity contribution is 14.1. The standard InChI is InChI=1S/C31H36IN3O4S/c1-3-29(31(37)33-26-9-7-8-10-26)34(21-24-15-13-23(2)14-16-24)30(36)22-35(27-19-17-25(32)18-20-27)40(38,39)28-11-5-4-6-12-28/h4-6,11-20,26,29H,3,7-10,21-22H2,1-2H3,(H,33,37). The third-order valence-corrected chi connectivity index (χ3v) is 9.79. The van der Waals surface area contributed by atoms with E-state index >= 15 is 0 Å². The average molecular weight is 674 g/mol. The number of anilines is 1. The van der Waals surface area contributed by atoms with Gasteiger partial charge in [0.2, 0.25) is 11.8 Å². The Balaban J connectivity index is 1.69. The van der Waals surface area contributed by atoms with Crippen LogP contribution in [0, 0.1) is 10.5 Å². The van der Waals surface area contributed by atoms with Crippen LogP contribution in [0.25, 0.3) is 0 Å². The molecule has 40 heavy (non-hydrogen) atoms. The summed E-state index contributed by atoms with van der Waals surface area (Å²) in [7, 11) is -4.06. The van der Waals surface area contributed by atoms with Crippen molar-refractivity contribution in [1.82, 2.24) is 10.2 Å². The van der Waals surface area contributed by atoms with Gasteiger partial charge in [-0.2, -0.15) is 0 Å². The number of amides is 2. The minimum atomic E-state index is -4.06. The minimum absolute atomic E-state index is 0.0949. The third kappa shape index (κ3) is 7.42. The molecule has 1 aliphatic rings. The van der Waals surface area contributed by atoms with E-state index in [4.69, 9.17) is 0 Å². The van der Waals surface area contributed by atoms with Crippen molar-refractivity contribution in [2.75, 3.05) is 10.8 Å². The summed E-state index contributed by atoms with van der Waals surface area (Å²) in [5.41, 5.74) is 2.35. The van der Waals surface area contributed by atoms with Gasteiger partial charge in [0, 0.05) is 16.2 Å². The number of nitrogens with one attached hydrogen (secondary N) is 1. The summed E-state index contributed by atoms with van der Waals surface area (Å²) in [6.07, 6.45) is 4.44. The number of hydrogen-bond donors (Lipinski definition) is 1. The Morgan fingerprint density at radius 3 is 2.17 bits per heavy atom. The Morgan fingerprint density at radius 1 is 0.950 bits per heavy atom. The van der Waals surface area contributed by atoms with Crippen LogP contribution in [0.3, 0.4) is 0 Å². The number of rotatable bonds is 11. The smallest absolute Gasteiger partial charge is 0.264 e. The van der Waals surface area contributed by atoms with Crippen LogP contribution < -0.4 is 9.62 Å². The Morgan fingerprint density at radius 2 is 1.57 bits per heavy atom. The number of carbonyl (C=O) groups is 2. The zero-order valence-electron chi connectivity index (χ0n) is 22.9. The quantitative estimate of drug-likeness (QED) is 0.266. The van der Waals surface area contributed by atoms with Gasteiger partial charge in [0.25, 0.3) is 10.0 Å². The first-order valence-electron chi connectivity index (χ1n) is 13.7. The molecule has 1 aliphatic carbocycles. The van der Waals surface area contributed by atoms with Gasteiger partial charge in [0.05, 0.1) is 10.6 Å². The molecule has 7 nitrogen and oxygen atoms in total. The minimum Gasteiger partial charge on any atom is -0.352 e. The van der Waals surface area contributed by atoms with Crippen molar-refractivity contribution in [3.63, 3.8) is 0 Å². The lowest BCUT2D eigenvalue weighted by Crippen LogP contribution is -2.53. The second-order valence-corrected chi connectivity index (χ2v) is 13.3. The van der Waals surface area contributed by atoms with Crippen LogP contribution in [0.4, 0.5) is 5.69 Å². The molecule has 1 fully saturated rings. The van der Waals surface area contributed by atoms with Crippen molar-refractivity contribution < 1.29 is 18.0 Å². The van der Waals surface area contributed by atoms with E-state index < -0.39 is 28.5 Å². The van der Waals surface area contributed by atoms with E-state index in [2.05, 4.69) is 27.9 Å². The Hall–Kier alpha value is -2.92. The van der Waals surface area contributed by atoms with Gasteiger partial charge in [-0.25, -0.2) is 8.42 Å². The topological polar surface area (TPSA) is 86.8 Å². The lowest BCUT2D eigenvalue weighted by molar-refractivity contribution is -0.140. The van der Waals surface area contributed by atoms with E-state index in [-0.39, 0.29) is 23.4 Å². The van der Waals surface area contributed by atoms with Crippen LogP contribution in [0.1, 0.15) is 50.2 Å². The van der Waals surface area contributed by atoms with Crippen LogP contribution in [0.5, 0.6) is 0 Å². The molecular weight excluding hydrogens is 637 g/mol. The predicted molar refractivity (Wildman–Crippen MR) is 166 cm³/mol. The van der Waals surface area contributed by atoms with Gasteiger partial charge in [-0.05, 0) is 90.7 Å². The largest absolute Gasteiger partial charge is 0.352 e. The van der Waals surface area contributed by atoms with Gasteiger partial charge in [-0.3, -0.25) is 13.9 Å². The summed E-state index contributed by atoms with van der Waals surface area (Å²) in [4.78, 5) is 29.2. The molecule has 0 aromatic heterocycles. The third-order valence-electron chi connectivity index (χ3n) is 7.29. The van der Waals surface area contributed by atoms with Gasteiger partial charge in [-0.15, -0.1) is 0 Å². The molecule has 1 atom stereocenters. The molecule has 4 rings (SSSR count). The molecule has 0 aliphatic heterocycles. The maximum atomic E-state index is 14.1. The fourth-order valence-electron chi connectivity index (χ4n) is 5.03. The van der Waals surface area contributed by atoms with E-state index in [1.54, 1.807) is 30.3 Å². The summed E-state index contributed by atoms with van der Waals surface area (Å²) in [5, 5.41) is 3.14. The zero-order chi connectivity index (χ0) is 28.7. The molecule has 0 saturated heterocycles. The molecule has 3 aromatic rings. The monoisotopic (exact) mass is 673 g/mol. The Labute approximate surface area is 251 Å². The van der Waals surface area contributed by atoms with Gasteiger partial charge in [-0.1, -0.05) is 67.8 Å². The van der Waals surface area contributed by atoms with Crippen molar-refractivity contribution >= 4 is 50.1 Å². The number of sulfonamides is 1. The van der Waals surface area contributed by atoms with Crippen molar-refractivity contribution in [1.29, 1.82) is 0 Å². The van der Waals surface area contributed by atoms with Crippen LogP contribution in [0.15, 0.2) is 83.8 Å². The second kappa shape index (κ2) is 13.6. The van der Waals surface area contributed by atoms with E-state index in [1.807, 2.05) is 50.2 Å². The van der Waals surface area contributed by atoms with Crippen molar-refractivity contribution in [3.05, 3.63) is 93.6 Å². The summed E-state index contributed by atoms with van der Waals surface area (Å²) in [6, 6.07) is 22.3. The fraction of sp³-hybridized carbons (Fsp3) is 0.355. The first-order valence-corrected chi connectivity index (χ1v) is 16.2.